The molecule has 0 unspecified atom stereocenters. The molecule has 0 fully saturated rings. The van der Waals surface area contributed by atoms with Crippen LogP contribution >= 0.6 is 0 Å². The Morgan fingerprint density at radius 1 is 1.10 bits per heavy atom. The van der Waals surface area contributed by atoms with Gasteiger partial charge in [0, 0.05) is 12.4 Å². The fraction of sp³-hybridized carbons (Fsp3) is 0.0455. The number of carbonyl (C=O) groups excluding carboxylic acids is 1. The van der Waals surface area contributed by atoms with Crippen molar-refractivity contribution in [1.29, 1.82) is 0 Å². The fourth-order valence-electron chi connectivity index (χ4n) is 2.76. The Hall–Kier alpha value is -4.33. The van der Waals surface area contributed by atoms with Gasteiger partial charge in [0.15, 0.2) is 11.5 Å². The topological polar surface area (TPSA) is 95.7 Å². The highest BCUT2D eigenvalue weighted by molar-refractivity contribution is 5.91. The standard InChI is InChI=1S/C22H16N4O4/c1-29-20-11-15(8-9-19(20)30-22(28)16-5-4-10-23-13-16)12-25-26-14-24-18-7-3-2-6-17(18)21(26)27/h2-14H,1H3. The molecular formula is C22H16N4O4. The zero-order valence-electron chi connectivity index (χ0n) is 15.9. The van der Waals surface area contributed by atoms with E-state index in [-0.39, 0.29) is 11.3 Å². The molecule has 0 N–H and O–H groups in total. The molecule has 0 aliphatic rings. The van der Waals surface area contributed by atoms with Crippen LogP contribution in [0.4, 0.5) is 0 Å². The Morgan fingerprint density at radius 3 is 2.77 bits per heavy atom. The van der Waals surface area contributed by atoms with Crippen LogP contribution in [0.2, 0.25) is 0 Å². The lowest BCUT2D eigenvalue weighted by atomic mass is 10.2. The molecule has 0 spiro atoms. The van der Waals surface area contributed by atoms with Gasteiger partial charge in [0.1, 0.15) is 6.33 Å². The Kier molecular flexibility index (Phi) is 5.29. The van der Waals surface area contributed by atoms with E-state index in [9.17, 15) is 9.59 Å². The number of hydrogen-bond acceptors (Lipinski definition) is 7. The van der Waals surface area contributed by atoms with Gasteiger partial charge in [-0.25, -0.2) is 9.78 Å². The SMILES string of the molecule is COc1cc(C=Nn2cnc3ccccc3c2=O)ccc1OC(=O)c1cccnc1. The average Bonchev–Trinajstić information content (AvgIpc) is 2.80. The van der Waals surface area contributed by atoms with Crippen molar-refractivity contribution in [2.75, 3.05) is 7.11 Å². The molecule has 0 aliphatic carbocycles. The third-order valence-corrected chi connectivity index (χ3v) is 4.27. The number of fused-ring (bicyclic) bond motifs is 1. The Balaban J connectivity index is 1.58. The predicted octanol–water partition coefficient (Wildman–Crippen LogP) is 2.90. The zero-order chi connectivity index (χ0) is 20.9. The third-order valence-electron chi connectivity index (χ3n) is 4.27. The van der Waals surface area contributed by atoms with Gasteiger partial charge in [-0.1, -0.05) is 12.1 Å². The number of esters is 1. The molecule has 2 aromatic heterocycles. The molecule has 8 nitrogen and oxygen atoms in total. The van der Waals surface area contributed by atoms with E-state index in [2.05, 4.69) is 15.1 Å². The first-order chi connectivity index (χ1) is 14.7. The van der Waals surface area contributed by atoms with Gasteiger partial charge in [0.25, 0.3) is 5.56 Å². The van der Waals surface area contributed by atoms with E-state index >= 15 is 0 Å². The van der Waals surface area contributed by atoms with Crippen LogP contribution in [0.15, 0.2) is 83.2 Å². The molecule has 8 heteroatoms. The molecule has 0 atom stereocenters. The summed E-state index contributed by atoms with van der Waals surface area (Å²) in [6, 6.07) is 15.2. The van der Waals surface area contributed by atoms with Gasteiger partial charge in [-0.2, -0.15) is 9.78 Å². The van der Waals surface area contributed by atoms with Crippen LogP contribution in [0.5, 0.6) is 11.5 Å². The molecular weight excluding hydrogens is 384 g/mol. The van der Waals surface area contributed by atoms with Gasteiger partial charge in [-0.15, -0.1) is 0 Å². The number of pyridine rings is 1. The van der Waals surface area contributed by atoms with Gasteiger partial charge in [-0.3, -0.25) is 9.78 Å². The van der Waals surface area contributed by atoms with Crippen LogP contribution in [0.25, 0.3) is 10.9 Å². The van der Waals surface area contributed by atoms with Crippen molar-refractivity contribution in [2.24, 2.45) is 5.10 Å². The largest absolute Gasteiger partial charge is 0.493 e. The first kappa shape index (κ1) is 19.0. The molecule has 0 saturated carbocycles. The maximum atomic E-state index is 12.5. The summed E-state index contributed by atoms with van der Waals surface area (Å²) in [7, 11) is 1.47. The monoisotopic (exact) mass is 400 g/mol. The third kappa shape index (κ3) is 3.93. The van der Waals surface area contributed by atoms with Crippen molar-refractivity contribution in [3.8, 4) is 11.5 Å². The normalized spacial score (nSPS) is 11.0. The van der Waals surface area contributed by atoms with Crippen molar-refractivity contribution >= 4 is 23.1 Å². The molecule has 0 radical (unpaired) electrons. The maximum Gasteiger partial charge on any atom is 0.345 e. The minimum absolute atomic E-state index is 0.257. The molecule has 148 valence electrons. The van der Waals surface area contributed by atoms with E-state index < -0.39 is 5.97 Å². The van der Waals surface area contributed by atoms with E-state index in [1.807, 2.05) is 6.07 Å². The molecule has 4 aromatic rings. The quantitative estimate of drug-likeness (QED) is 0.290. The molecule has 2 heterocycles. The molecule has 4 rings (SSSR count). The number of aromatic nitrogens is 3. The summed E-state index contributed by atoms with van der Waals surface area (Å²) in [5.41, 5.74) is 1.31. The Morgan fingerprint density at radius 2 is 1.97 bits per heavy atom. The number of benzene rings is 2. The van der Waals surface area contributed by atoms with E-state index in [4.69, 9.17) is 9.47 Å². The lowest BCUT2D eigenvalue weighted by Gasteiger charge is -2.09. The van der Waals surface area contributed by atoms with E-state index in [1.54, 1.807) is 54.7 Å². The van der Waals surface area contributed by atoms with Crippen molar-refractivity contribution in [2.45, 2.75) is 0 Å². The molecule has 0 amide bonds. The Labute approximate surface area is 171 Å². The zero-order valence-corrected chi connectivity index (χ0v) is 15.9. The molecule has 0 bridgehead atoms. The highest BCUT2D eigenvalue weighted by Crippen LogP contribution is 2.28. The van der Waals surface area contributed by atoms with Crippen molar-refractivity contribution in [3.05, 3.63) is 94.8 Å². The highest BCUT2D eigenvalue weighted by atomic mass is 16.6. The summed E-state index contributed by atoms with van der Waals surface area (Å²) >= 11 is 0. The molecule has 0 saturated heterocycles. The summed E-state index contributed by atoms with van der Waals surface area (Å²) in [6.45, 7) is 0. The van der Waals surface area contributed by atoms with Crippen LogP contribution < -0.4 is 15.0 Å². The summed E-state index contributed by atoms with van der Waals surface area (Å²) in [6.07, 6.45) is 5.85. The number of rotatable bonds is 5. The molecule has 0 aliphatic heterocycles. The maximum absolute atomic E-state index is 12.5. The minimum Gasteiger partial charge on any atom is -0.493 e. The van der Waals surface area contributed by atoms with Crippen molar-refractivity contribution < 1.29 is 14.3 Å². The number of para-hydroxylation sites is 1. The van der Waals surface area contributed by atoms with Gasteiger partial charge in [0.2, 0.25) is 0 Å². The highest BCUT2D eigenvalue weighted by Gasteiger charge is 2.13. The first-order valence-electron chi connectivity index (χ1n) is 8.97. The number of nitrogens with zero attached hydrogens (tertiary/aromatic N) is 4. The second-order valence-electron chi connectivity index (χ2n) is 6.20. The van der Waals surface area contributed by atoms with Gasteiger partial charge in [-0.05, 0) is 48.0 Å². The van der Waals surface area contributed by atoms with Crippen LogP contribution in [-0.4, -0.2) is 33.9 Å². The van der Waals surface area contributed by atoms with E-state index in [1.165, 1.54) is 25.8 Å². The molecule has 30 heavy (non-hydrogen) atoms. The van der Waals surface area contributed by atoms with Crippen LogP contribution in [0.1, 0.15) is 15.9 Å². The number of ether oxygens (including phenoxy) is 2. The van der Waals surface area contributed by atoms with Crippen LogP contribution in [0.3, 0.4) is 0 Å². The summed E-state index contributed by atoms with van der Waals surface area (Å²) < 4.78 is 11.9. The van der Waals surface area contributed by atoms with E-state index in [0.717, 1.165) is 4.68 Å². The second kappa shape index (κ2) is 8.36. The lowest BCUT2D eigenvalue weighted by Crippen LogP contribution is -2.17. The Bertz CT molecular complexity index is 1300. The second-order valence-corrected chi connectivity index (χ2v) is 6.20. The minimum atomic E-state index is -0.545. The van der Waals surface area contributed by atoms with Gasteiger partial charge >= 0.3 is 5.97 Å². The summed E-state index contributed by atoms with van der Waals surface area (Å²) in [4.78, 5) is 32.9. The average molecular weight is 400 g/mol. The van der Waals surface area contributed by atoms with Gasteiger partial charge in [0.05, 0.1) is 29.8 Å². The predicted molar refractivity (Wildman–Crippen MR) is 111 cm³/mol. The number of carbonyl (C=O) groups is 1. The smallest absolute Gasteiger partial charge is 0.345 e. The summed E-state index contributed by atoms with van der Waals surface area (Å²) in [5.74, 6) is 0.0600. The van der Waals surface area contributed by atoms with Gasteiger partial charge < -0.3 is 9.47 Å². The van der Waals surface area contributed by atoms with E-state index in [0.29, 0.717) is 27.8 Å². The van der Waals surface area contributed by atoms with Crippen LogP contribution in [-0.2, 0) is 0 Å². The molecule has 2 aromatic carbocycles. The van der Waals surface area contributed by atoms with Crippen molar-refractivity contribution in [1.82, 2.24) is 14.6 Å². The number of methoxy groups -OCH3 is 1. The summed E-state index contributed by atoms with van der Waals surface area (Å²) in [5, 5.41) is 4.66. The van der Waals surface area contributed by atoms with Crippen LogP contribution in [0, 0.1) is 0 Å². The van der Waals surface area contributed by atoms with Crippen molar-refractivity contribution in [3.63, 3.8) is 0 Å². The lowest BCUT2D eigenvalue weighted by molar-refractivity contribution is 0.0729. The number of hydrogen-bond donors (Lipinski definition) is 0. The fourth-order valence-corrected chi connectivity index (χ4v) is 2.76. The first-order valence-corrected chi connectivity index (χ1v) is 8.97.